The Kier molecular flexibility index (Phi) is 21.2. The minimum Gasteiger partial charge on any atom is -0.387 e. The summed E-state index contributed by atoms with van der Waals surface area (Å²) in [5, 5.41) is 43.8. The highest BCUT2D eigenvalue weighted by Crippen LogP contribution is 2.49. The highest BCUT2D eigenvalue weighted by Gasteiger charge is 2.43. The van der Waals surface area contributed by atoms with Crippen molar-refractivity contribution in [3.05, 3.63) is 157 Å². The third-order valence-electron chi connectivity index (χ3n) is 11.0. The Hall–Kier alpha value is -5.67. The van der Waals surface area contributed by atoms with E-state index in [9.17, 15) is 65.3 Å². The first-order chi connectivity index (χ1) is 35.1. The molecule has 17 nitrogen and oxygen atoms in total. The number of alkyl halides is 8. The lowest BCUT2D eigenvalue weighted by Crippen LogP contribution is -2.47. The van der Waals surface area contributed by atoms with E-state index in [1.165, 1.54) is 44.4 Å². The number of halogens is 14. The maximum Gasteiger partial charge on any atom is 0.418 e. The Balaban J connectivity index is 0.000000249. The van der Waals surface area contributed by atoms with Gasteiger partial charge in [-0.3, -0.25) is 39.2 Å². The Morgan fingerprint density at radius 1 is 0.895 bits per heavy atom. The molecule has 0 aliphatic carbocycles. The molecule has 0 spiro atoms. The number of aliphatic hydroxyl groups is 1. The van der Waals surface area contributed by atoms with E-state index in [1.807, 2.05) is 50.4 Å². The molecule has 2 unspecified atom stereocenters. The fourth-order valence-corrected chi connectivity index (χ4v) is 8.55. The number of hydroxylamine groups is 2. The number of nitrogens with one attached hydrogen (secondary N) is 1. The van der Waals surface area contributed by atoms with Crippen LogP contribution in [0, 0.1) is 25.6 Å². The summed E-state index contributed by atoms with van der Waals surface area (Å²) in [7, 11) is 2.73. The summed E-state index contributed by atoms with van der Waals surface area (Å²) in [5.41, 5.74) is -7.48. The third kappa shape index (κ3) is 16.2. The molecular weight excluding hydrogens is 1160 g/mol. The van der Waals surface area contributed by atoms with Crippen molar-refractivity contribution in [1.29, 1.82) is 0 Å². The van der Waals surface area contributed by atoms with Crippen molar-refractivity contribution >= 4 is 98.4 Å². The van der Waals surface area contributed by atoms with Crippen LogP contribution in [0.15, 0.2) is 73.6 Å². The highest BCUT2D eigenvalue weighted by molar-refractivity contribution is 6.39. The molecule has 412 valence electrons. The first-order valence-electron chi connectivity index (χ1n) is 21.4. The van der Waals surface area contributed by atoms with Crippen molar-refractivity contribution in [3.63, 3.8) is 0 Å². The second kappa shape index (κ2) is 25.7. The normalized spacial score (nSPS) is 13.0. The molecule has 31 heteroatoms. The van der Waals surface area contributed by atoms with Gasteiger partial charge >= 0.3 is 23.7 Å². The van der Waals surface area contributed by atoms with Crippen LogP contribution in [0.4, 0.5) is 58.0 Å². The van der Waals surface area contributed by atoms with Gasteiger partial charge in [-0.25, -0.2) is 23.8 Å². The zero-order valence-corrected chi connectivity index (χ0v) is 44.7. The molecule has 0 aliphatic rings. The monoisotopic (exact) mass is 1200 g/mol. The fourth-order valence-electron chi connectivity index (χ4n) is 6.91. The number of nitrogens with zero attached hydrogens (tertiary/aromatic N) is 9. The Morgan fingerprint density at radius 2 is 1.50 bits per heavy atom. The number of aryl methyl sites for hydroxylation is 2. The largest absolute Gasteiger partial charge is 0.418 e. The lowest BCUT2D eigenvalue weighted by atomic mass is 9.73. The highest BCUT2D eigenvalue weighted by atomic mass is 35.5. The van der Waals surface area contributed by atoms with E-state index < -0.39 is 95.9 Å². The second-order valence-corrected chi connectivity index (χ2v) is 19.8. The number of anilines is 2. The van der Waals surface area contributed by atoms with Gasteiger partial charge in [0.05, 0.1) is 56.9 Å². The molecule has 0 fully saturated rings. The minimum absolute atomic E-state index is 0.0599. The van der Waals surface area contributed by atoms with Gasteiger partial charge in [0.1, 0.15) is 29.2 Å². The molecular formula is C45H42Cl6F8N10O7. The van der Waals surface area contributed by atoms with Gasteiger partial charge in [0, 0.05) is 45.6 Å². The molecule has 3 aromatic heterocycles. The second-order valence-electron chi connectivity index (χ2n) is 17.3. The van der Waals surface area contributed by atoms with Crippen molar-refractivity contribution in [3.8, 4) is 0 Å². The zero-order chi connectivity index (χ0) is 57.4. The predicted molar refractivity (Wildman–Crippen MR) is 267 cm³/mol. The number of carbonyl (C=O) groups excluding carboxylic acids is 1. The summed E-state index contributed by atoms with van der Waals surface area (Å²) < 4.78 is 106. The van der Waals surface area contributed by atoms with Gasteiger partial charge < -0.3 is 10.4 Å². The van der Waals surface area contributed by atoms with Crippen LogP contribution in [0.1, 0.15) is 78.8 Å². The van der Waals surface area contributed by atoms with E-state index in [-0.39, 0.29) is 29.7 Å². The van der Waals surface area contributed by atoms with Crippen molar-refractivity contribution < 1.29 is 59.7 Å². The van der Waals surface area contributed by atoms with E-state index >= 15 is 0 Å². The van der Waals surface area contributed by atoms with Gasteiger partial charge in [-0.1, -0.05) is 103 Å². The lowest BCUT2D eigenvalue weighted by molar-refractivity contribution is -0.392. The average molecular weight is 1200 g/mol. The van der Waals surface area contributed by atoms with E-state index in [1.54, 1.807) is 17.9 Å². The van der Waals surface area contributed by atoms with Crippen molar-refractivity contribution in [2.75, 3.05) is 12.4 Å². The zero-order valence-electron chi connectivity index (χ0n) is 40.1. The average Bonchev–Trinajstić information content (AvgIpc) is 3.97. The summed E-state index contributed by atoms with van der Waals surface area (Å²) in [5.74, 6) is -1.45. The molecule has 2 atom stereocenters. The summed E-state index contributed by atoms with van der Waals surface area (Å²) >= 11 is 35.2. The predicted octanol–water partition coefficient (Wildman–Crippen LogP) is 14.3. The van der Waals surface area contributed by atoms with Gasteiger partial charge in [-0.2, -0.15) is 36.5 Å². The van der Waals surface area contributed by atoms with E-state index in [4.69, 9.17) is 74.4 Å². The molecule has 3 heterocycles. The fraction of sp³-hybridized carbons (Fsp3) is 0.356. The number of nitro groups is 2. The molecule has 0 saturated carbocycles. The number of aromatic nitrogens is 6. The Bertz CT molecular complexity index is 3000. The first kappa shape index (κ1) is 62.9. The van der Waals surface area contributed by atoms with Gasteiger partial charge in [-0.05, 0) is 73.1 Å². The maximum atomic E-state index is 13.1. The molecule has 76 heavy (non-hydrogen) atoms. The summed E-state index contributed by atoms with van der Waals surface area (Å²) in [4.78, 5) is 44.7. The minimum atomic E-state index is -5.27. The van der Waals surface area contributed by atoms with E-state index in [0.717, 1.165) is 21.2 Å². The molecule has 0 radical (unpaired) electrons. The number of hydrogen-bond donors (Lipinski definition) is 2. The van der Waals surface area contributed by atoms with Crippen molar-refractivity contribution in [1.82, 2.24) is 34.6 Å². The van der Waals surface area contributed by atoms with Crippen molar-refractivity contribution in [2.24, 2.45) is 12.5 Å². The first-order valence-corrected chi connectivity index (χ1v) is 23.7. The quantitative estimate of drug-likeness (QED) is 0.0559. The van der Waals surface area contributed by atoms with Crippen LogP contribution >= 0.6 is 69.6 Å². The smallest absolute Gasteiger partial charge is 0.387 e. The molecule has 6 rings (SSSR count). The van der Waals surface area contributed by atoms with E-state index in [0.29, 0.717) is 39.7 Å². The molecule has 6 aromatic rings. The van der Waals surface area contributed by atoms with Crippen LogP contribution in [0.3, 0.4) is 0 Å². The number of hydrogen-bond acceptors (Lipinski definition) is 12. The third-order valence-corrected chi connectivity index (χ3v) is 12.9. The number of amides is 1. The van der Waals surface area contributed by atoms with Gasteiger partial charge in [0.25, 0.3) is 12.3 Å². The topological polar surface area (TPSA) is 210 Å². The SMILES string of the molecule is CC(C)(C)C(O)(CCc1ccc(Cl)cc1)Cn1cncn1.CON(C(=O)c1cn(C)nc1C(F)F)C(C)Cc1c(Cl)cc(Cl)cc1Cl.O=[N+]([O-])c1cc(C(F)(F)F)c(Cl)c([N+](=O)[O-])c1Nc1ncc(C(F)(F)F)cc1Cl. The summed E-state index contributed by atoms with van der Waals surface area (Å²) in [6, 6.07) is 10.6. The Labute approximate surface area is 456 Å². The number of carbonyl (C=O) groups is 1. The molecule has 0 aliphatic heterocycles. The molecule has 0 saturated heterocycles. The lowest BCUT2D eigenvalue weighted by Gasteiger charge is -2.40. The number of rotatable bonds is 15. The molecule has 3 aromatic carbocycles. The van der Waals surface area contributed by atoms with Crippen LogP contribution in [-0.2, 0) is 43.6 Å². The maximum absolute atomic E-state index is 13.1. The van der Waals surface area contributed by atoms with Crippen LogP contribution in [0.5, 0.6) is 0 Å². The number of nitro benzene ring substituents is 2. The van der Waals surface area contributed by atoms with E-state index in [2.05, 4.69) is 20.2 Å². The standard InChI is InChI=1S/C16H16Cl3F2N3O2.C16H22ClN3O.C13H4Cl2F6N4O4/c1-8(4-10-12(18)5-9(17)6-13(10)19)24(26-3)16(25)11-7-23(2)22-14(11)15(20)21;1-15(2,3)16(21,10-20-12-18-11-19-20)9-8-13-4-6-14(17)7-5-13;14-6-1-4(12(16,17)18)3-22-11(6)23-9-7(24(26)27)2-5(13(19,20)21)8(15)10(9)25(28)29/h5-8,15H,4H2,1-3H3;4-7,11-12,21H,8-10H2,1-3H3;1-3H,(H,22,23). The van der Waals surface area contributed by atoms with Gasteiger partial charge in [0.2, 0.25) is 0 Å². The summed E-state index contributed by atoms with van der Waals surface area (Å²) in [6.45, 7) is 8.26. The summed E-state index contributed by atoms with van der Waals surface area (Å²) in [6.07, 6.45) is -6.70. The van der Waals surface area contributed by atoms with Gasteiger partial charge in [-0.15, -0.1) is 0 Å². The van der Waals surface area contributed by atoms with Crippen molar-refractivity contribution in [2.45, 2.75) is 83.9 Å². The van der Waals surface area contributed by atoms with Crippen LogP contribution in [0.25, 0.3) is 0 Å². The van der Waals surface area contributed by atoms with Crippen LogP contribution in [0.2, 0.25) is 30.1 Å². The van der Waals surface area contributed by atoms with Crippen LogP contribution < -0.4 is 5.32 Å². The van der Waals surface area contributed by atoms with Crippen LogP contribution in [-0.4, -0.2) is 74.2 Å². The Morgan fingerprint density at radius 3 is 1.97 bits per heavy atom. The molecule has 0 bridgehead atoms. The van der Waals surface area contributed by atoms with Gasteiger partial charge in [0.15, 0.2) is 5.69 Å². The molecule has 1 amide bonds. The number of benzene rings is 3. The number of pyridine rings is 1. The molecule has 2 N–H and O–H groups in total.